The van der Waals surface area contributed by atoms with Crippen molar-refractivity contribution in [1.29, 1.82) is 0 Å². The summed E-state index contributed by atoms with van der Waals surface area (Å²) in [7, 11) is 1.67. The van der Waals surface area contributed by atoms with E-state index in [1.54, 1.807) is 7.11 Å². The number of aryl methyl sites for hydroxylation is 2. The van der Waals surface area contributed by atoms with Gasteiger partial charge in [0, 0.05) is 15.4 Å². The van der Waals surface area contributed by atoms with Crippen molar-refractivity contribution in [2.45, 2.75) is 25.8 Å². The minimum atomic E-state index is 0.507. The van der Waals surface area contributed by atoms with Gasteiger partial charge in [0.05, 0.1) is 7.11 Å². The van der Waals surface area contributed by atoms with E-state index in [1.165, 1.54) is 5.56 Å². The van der Waals surface area contributed by atoms with E-state index >= 15 is 0 Å². The van der Waals surface area contributed by atoms with Crippen LogP contribution < -0.4 is 9.47 Å². The first kappa shape index (κ1) is 16.4. The molecule has 0 unspecified atom stereocenters. The first-order valence-electron chi connectivity index (χ1n) is 6.66. The van der Waals surface area contributed by atoms with Gasteiger partial charge in [0.2, 0.25) is 0 Å². The molecule has 0 saturated heterocycles. The second kappa shape index (κ2) is 7.32. The quantitative estimate of drug-likeness (QED) is 0.598. The van der Waals surface area contributed by atoms with Gasteiger partial charge in [-0.25, -0.2) is 0 Å². The van der Waals surface area contributed by atoms with Crippen LogP contribution in [0.1, 0.15) is 22.3 Å². The highest BCUT2D eigenvalue weighted by Crippen LogP contribution is 2.29. The topological polar surface area (TPSA) is 18.5 Å². The highest BCUT2D eigenvalue weighted by Gasteiger charge is 2.08. The predicted molar refractivity (Wildman–Crippen MR) is 93.6 cm³/mol. The van der Waals surface area contributed by atoms with Crippen molar-refractivity contribution >= 4 is 31.9 Å². The third kappa shape index (κ3) is 4.01. The molecule has 0 radical (unpaired) electrons. The van der Waals surface area contributed by atoms with Gasteiger partial charge in [0.1, 0.15) is 18.1 Å². The molecule has 0 aromatic heterocycles. The van der Waals surface area contributed by atoms with Gasteiger partial charge >= 0.3 is 0 Å². The Labute approximate surface area is 142 Å². The summed E-state index contributed by atoms with van der Waals surface area (Å²) in [6.45, 7) is 4.66. The van der Waals surface area contributed by atoms with Gasteiger partial charge in [-0.15, -0.1) is 0 Å². The lowest BCUT2D eigenvalue weighted by Crippen LogP contribution is -2.01. The Morgan fingerprint density at radius 3 is 2.29 bits per heavy atom. The largest absolute Gasteiger partial charge is 0.497 e. The van der Waals surface area contributed by atoms with Crippen molar-refractivity contribution < 1.29 is 9.47 Å². The van der Waals surface area contributed by atoms with E-state index < -0.39 is 0 Å². The molecule has 4 heteroatoms. The molecule has 0 aliphatic heterocycles. The number of benzene rings is 2. The second-order valence-corrected chi connectivity index (χ2v) is 6.35. The number of rotatable bonds is 5. The molecular formula is C17H18Br2O2. The molecular weight excluding hydrogens is 396 g/mol. The van der Waals surface area contributed by atoms with E-state index in [4.69, 9.17) is 9.47 Å². The molecule has 0 amide bonds. The van der Waals surface area contributed by atoms with Crippen LogP contribution in [0.25, 0.3) is 0 Å². The lowest BCUT2D eigenvalue weighted by Gasteiger charge is -2.15. The zero-order valence-electron chi connectivity index (χ0n) is 12.4. The van der Waals surface area contributed by atoms with Crippen LogP contribution in [0.4, 0.5) is 0 Å². The molecule has 0 bridgehead atoms. The molecule has 2 aromatic rings. The average Bonchev–Trinajstić information content (AvgIpc) is 2.47. The van der Waals surface area contributed by atoms with E-state index in [0.717, 1.165) is 38.0 Å². The van der Waals surface area contributed by atoms with Gasteiger partial charge in [0.25, 0.3) is 0 Å². The van der Waals surface area contributed by atoms with Crippen LogP contribution in [0.2, 0.25) is 0 Å². The predicted octanol–water partition coefficient (Wildman–Crippen LogP) is 5.55. The smallest absolute Gasteiger partial charge is 0.125 e. The first-order valence-corrected chi connectivity index (χ1v) is 8.58. The van der Waals surface area contributed by atoms with Crippen LogP contribution in [0.15, 0.2) is 34.8 Å². The highest BCUT2D eigenvalue weighted by atomic mass is 79.9. The van der Waals surface area contributed by atoms with E-state index in [1.807, 2.05) is 18.2 Å². The molecule has 0 heterocycles. The van der Waals surface area contributed by atoms with Crippen LogP contribution in [-0.2, 0) is 11.9 Å². The van der Waals surface area contributed by atoms with Crippen LogP contribution in [0.5, 0.6) is 11.5 Å². The summed E-state index contributed by atoms with van der Waals surface area (Å²) in [6, 6.07) is 10.2. The van der Waals surface area contributed by atoms with Crippen LogP contribution in [-0.4, -0.2) is 7.11 Å². The van der Waals surface area contributed by atoms with Gasteiger partial charge in [-0.05, 0) is 48.7 Å². The Bertz CT molecular complexity index is 616. The van der Waals surface area contributed by atoms with Crippen molar-refractivity contribution in [2.75, 3.05) is 7.11 Å². The number of methoxy groups -OCH3 is 1. The van der Waals surface area contributed by atoms with Gasteiger partial charge in [-0.2, -0.15) is 0 Å². The molecule has 112 valence electrons. The first-order chi connectivity index (χ1) is 10.0. The molecule has 2 rings (SSSR count). The van der Waals surface area contributed by atoms with Gasteiger partial charge in [-0.1, -0.05) is 44.0 Å². The summed E-state index contributed by atoms with van der Waals surface area (Å²) in [5.41, 5.74) is 4.64. The monoisotopic (exact) mass is 412 g/mol. The average molecular weight is 414 g/mol. The van der Waals surface area contributed by atoms with E-state index in [2.05, 4.69) is 57.8 Å². The van der Waals surface area contributed by atoms with E-state index in [-0.39, 0.29) is 0 Å². The van der Waals surface area contributed by atoms with Crippen LogP contribution in [0.3, 0.4) is 0 Å². The molecule has 21 heavy (non-hydrogen) atoms. The van der Waals surface area contributed by atoms with Crippen molar-refractivity contribution in [3.05, 3.63) is 57.1 Å². The third-order valence-electron chi connectivity index (χ3n) is 3.30. The SMILES string of the molecule is COc1ccc(Br)c(COc2c(C)cc(CBr)cc2C)c1. The maximum Gasteiger partial charge on any atom is 0.125 e. The van der Waals surface area contributed by atoms with Crippen LogP contribution >= 0.6 is 31.9 Å². The number of ether oxygens (including phenoxy) is 2. The third-order valence-corrected chi connectivity index (χ3v) is 4.72. The van der Waals surface area contributed by atoms with Gasteiger partial charge in [0.15, 0.2) is 0 Å². The van der Waals surface area contributed by atoms with Crippen molar-refractivity contribution in [1.82, 2.24) is 0 Å². The highest BCUT2D eigenvalue weighted by molar-refractivity contribution is 9.10. The Morgan fingerprint density at radius 1 is 1.05 bits per heavy atom. The van der Waals surface area contributed by atoms with E-state index in [0.29, 0.717) is 6.61 Å². The summed E-state index contributed by atoms with van der Waals surface area (Å²) in [6.07, 6.45) is 0. The standard InChI is InChI=1S/C17H18Br2O2/c1-11-6-13(9-18)7-12(2)17(11)21-10-14-8-15(20-3)4-5-16(14)19/h4-8H,9-10H2,1-3H3. The number of halogens is 2. The molecule has 0 N–H and O–H groups in total. The fourth-order valence-electron chi connectivity index (χ4n) is 2.28. The fraction of sp³-hybridized carbons (Fsp3) is 0.294. The molecule has 0 fully saturated rings. The minimum Gasteiger partial charge on any atom is -0.497 e. The lowest BCUT2D eigenvalue weighted by molar-refractivity contribution is 0.300. The minimum absolute atomic E-state index is 0.507. The molecule has 2 nitrogen and oxygen atoms in total. The molecule has 0 atom stereocenters. The maximum atomic E-state index is 6.03. The Hall–Kier alpha value is -1.00. The normalized spacial score (nSPS) is 10.5. The van der Waals surface area contributed by atoms with Crippen molar-refractivity contribution in [3.63, 3.8) is 0 Å². The Morgan fingerprint density at radius 2 is 1.71 bits per heavy atom. The second-order valence-electron chi connectivity index (χ2n) is 4.94. The summed E-state index contributed by atoms with van der Waals surface area (Å²) in [4.78, 5) is 0. The lowest BCUT2D eigenvalue weighted by atomic mass is 10.1. The summed E-state index contributed by atoms with van der Waals surface area (Å²) in [5.74, 6) is 1.79. The van der Waals surface area contributed by atoms with Gasteiger partial charge in [-0.3, -0.25) is 0 Å². The Kier molecular flexibility index (Phi) is 5.71. The fourth-order valence-corrected chi connectivity index (χ4v) is 2.97. The number of hydrogen-bond donors (Lipinski definition) is 0. The molecule has 0 saturated carbocycles. The van der Waals surface area contributed by atoms with E-state index in [9.17, 15) is 0 Å². The number of alkyl halides is 1. The maximum absolute atomic E-state index is 6.03. The van der Waals surface area contributed by atoms with Gasteiger partial charge < -0.3 is 9.47 Å². The Balaban J connectivity index is 2.20. The van der Waals surface area contributed by atoms with Crippen LogP contribution in [0, 0.1) is 13.8 Å². The van der Waals surface area contributed by atoms with Crippen molar-refractivity contribution in [3.8, 4) is 11.5 Å². The molecule has 0 aliphatic carbocycles. The summed E-state index contributed by atoms with van der Waals surface area (Å²) in [5, 5.41) is 0.858. The summed E-state index contributed by atoms with van der Waals surface area (Å²) < 4.78 is 12.3. The summed E-state index contributed by atoms with van der Waals surface area (Å²) >= 11 is 7.04. The molecule has 0 aliphatic rings. The molecule has 0 spiro atoms. The molecule has 2 aromatic carbocycles. The zero-order chi connectivity index (χ0) is 15.4. The zero-order valence-corrected chi connectivity index (χ0v) is 15.5. The van der Waals surface area contributed by atoms with Crippen molar-refractivity contribution in [2.24, 2.45) is 0 Å². The number of hydrogen-bond acceptors (Lipinski definition) is 2.